The van der Waals surface area contributed by atoms with Crippen molar-refractivity contribution < 1.29 is 65.8 Å². The van der Waals surface area contributed by atoms with E-state index in [1.807, 2.05) is 112 Å². The molecule has 3 saturated heterocycles. The number of pyridine rings is 1. The van der Waals surface area contributed by atoms with Gasteiger partial charge < -0.3 is 83.4 Å². The van der Waals surface area contributed by atoms with Crippen LogP contribution in [0, 0.1) is 31.3 Å². The first kappa shape index (κ1) is 92.9. The third-order valence-electron chi connectivity index (χ3n) is 24.6. The topological polar surface area (TPSA) is 327 Å². The maximum atomic E-state index is 15.1. The van der Waals surface area contributed by atoms with Crippen LogP contribution in [0.3, 0.4) is 0 Å². The first-order valence-electron chi connectivity index (χ1n) is 44.7. The van der Waals surface area contributed by atoms with Crippen LogP contribution in [0.25, 0.3) is 72.8 Å². The number of esters is 2. The number of aryl methyl sites for hydroxylation is 2. The second kappa shape index (κ2) is 41.2. The van der Waals surface area contributed by atoms with Crippen LogP contribution in [0.1, 0.15) is 102 Å². The van der Waals surface area contributed by atoms with E-state index in [0.29, 0.717) is 119 Å². The van der Waals surface area contributed by atoms with Crippen LogP contribution in [0.2, 0.25) is 0 Å². The van der Waals surface area contributed by atoms with E-state index in [4.69, 9.17) is 43.9 Å². The zero-order valence-corrected chi connectivity index (χ0v) is 76.8. The van der Waals surface area contributed by atoms with E-state index >= 15 is 8.78 Å². The van der Waals surface area contributed by atoms with Gasteiger partial charge in [-0.25, -0.2) is 42.4 Å². The minimum Gasteiger partial charge on any atom is -0.494 e. The fourth-order valence-corrected chi connectivity index (χ4v) is 17.2. The highest BCUT2D eigenvalue weighted by Crippen LogP contribution is 2.42. The number of carbonyl (C=O) groups is 3. The van der Waals surface area contributed by atoms with Crippen molar-refractivity contribution in [2.24, 2.45) is 10.7 Å². The summed E-state index contributed by atoms with van der Waals surface area (Å²) in [6.07, 6.45) is 12.6. The minimum atomic E-state index is -0.703. The van der Waals surface area contributed by atoms with Gasteiger partial charge in [0.15, 0.2) is 40.5 Å². The minimum absolute atomic E-state index is 0.0424. The van der Waals surface area contributed by atoms with Gasteiger partial charge in [0.25, 0.3) is 5.56 Å². The van der Waals surface area contributed by atoms with Crippen LogP contribution in [0.4, 0.5) is 30.2 Å². The Bertz CT molecular complexity index is 6870. The number of aromatic amines is 3. The number of rotatable bonds is 24. The second-order valence-corrected chi connectivity index (χ2v) is 34.4. The molecule has 2 atom stereocenters. The van der Waals surface area contributed by atoms with Crippen LogP contribution >= 0.6 is 0 Å². The summed E-state index contributed by atoms with van der Waals surface area (Å²) in [4.78, 5) is 94.0. The van der Waals surface area contributed by atoms with E-state index in [-0.39, 0.29) is 58.8 Å². The van der Waals surface area contributed by atoms with Gasteiger partial charge in [-0.2, -0.15) is 10.1 Å². The van der Waals surface area contributed by atoms with Gasteiger partial charge in [-0.3, -0.25) is 19.3 Å². The molecule has 6 N–H and O–H groups in total. The molecular weight excluding hydrogens is 1710 g/mol. The van der Waals surface area contributed by atoms with Gasteiger partial charge in [0, 0.05) is 122 Å². The van der Waals surface area contributed by atoms with Crippen molar-refractivity contribution in [3.63, 3.8) is 0 Å². The number of halogens is 3. The summed E-state index contributed by atoms with van der Waals surface area (Å²) in [7, 11) is 8.94. The average molecular weight is 1820 g/mol. The number of anilines is 2. The zero-order chi connectivity index (χ0) is 94.1. The summed E-state index contributed by atoms with van der Waals surface area (Å²) < 4.78 is 85.3. The lowest BCUT2D eigenvalue weighted by atomic mass is 10.00. The fraction of sp³-hybridized carbons (Fsp3) is 0.314. The number of hydrogen-bond acceptors (Lipinski definition) is 24. The van der Waals surface area contributed by atoms with Gasteiger partial charge in [0.1, 0.15) is 54.3 Å². The Kier molecular flexibility index (Phi) is 28.6. The molecule has 29 nitrogen and oxygen atoms in total. The summed E-state index contributed by atoms with van der Waals surface area (Å²) in [5.41, 5.74) is 21.0. The van der Waals surface area contributed by atoms with Gasteiger partial charge >= 0.3 is 11.9 Å². The van der Waals surface area contributed by atoms with Gasteiger partial charge in [0.05, 0.1) is 89.1 Å². The first-order valence-corrected chi connectivity index (χ1v) is 44.7. The number of aromatic hydroxyl groups is 1. The van der Waals surface area contributed by atoms with Gasteiger partial charge in [-0.1, -0.05) is 77.9 Å². The number of nitrogens with two attached hydrogens (primary N) is 1. The number of H-pyrrole nitrogens is 3. The van der Waals surface area contributed by atoms with E-state index in [1.165, 1.54) is 51.8 Å². The Balaban J connectivity index is 0.000000131. The largest absolute Gasteiger partial charge is 0.494 e. The van der Waals surface area contributed by atoms with E-state index in [9.17, 15) is 28.7 Å². The molecule has 694 valence electrons. The number of hydrogen-bond donors (Lipinski definition) is 5. The quantitative estimate of drug-likeness (QED) is 0.0213. The second-order valence-electron chi connectivity index (χ2n) is 34.4. The van der Waals surface area contributed by atoms with Crippen molar-refractivity contribution in [2.75, 3.05) is 137 Å². The van der Waals surface area contributed by atoms with Crippen molar-refractivity contribution in [2.45, 2.75) is 85.8 Å². The Hall–Kier alpha value is -14.3. The number of nitrogens with one attached hydrogen (secondary N) is 3. The van der Waals surface area contributed by atoms with E-state index in [2.05, 4.69) is 90.7 Å². The number of likely N-dealkylation sites (N-methyl/N-ethyl adjacent to an activating group) is 3. The highest BCUT2D eigenvalue weighted by molar-refractivity contribution is 6.22. The molecule has 3 aliphatic heterocycles. The maximum absolute atomic E-state index is 15.1. The number of aromatic nitrogens is 9. The maximum Gasteiger partial charge on any atom is 0.337 e. The SMILES string of the molecule is CC1=Cc2c(ccc(Oc3ncnn4cc(OC[C@@H](C)OC(=O)[C@H](C)N)c(C)c34)c2F)C1.COC(=O)c1ccc2c(C(=Nc3ccc(N(C)C(=O)CN4CCN(C)CC4)cc3)c3ccccc3)c(O)[nH]c2c1.COc1cc2c(Oc3ccc4c(c3F)C=C(C)C4)ncnc2cc1OCCCN1CCCC1.Cc1c(-c2nc3ccc(N4CCN(C)CC4)cc3[nH]2)c(=O)[nH]c2cccc(F)c12. The number of nitrogens with zero attached hydrogens (tertiary/aromatic N) is 13. The predicted molar refractivity (Wildman–Crippen MR) is 513 cm³/mol. The molecule has 5 aliphatic rings. The van der Waals surface area contributed by atoms with Crippen LogP contribution in [0.15, 0.2) is 185 Å². The molecule has 8 aromatic carbocycles. The van der Waals surface area contributed by atoms with Crippen LogP contribution in [0.5, 0.6) is 46.4 Å². The summed E-state index contributed by atoms with van der Waals surface area (Å²) in [5.74, 6) is 0.779. The van der Waals surface area contributed by atoms with Crippen LogP contribution in [-0.4, -0.2) is 232 Å². The van der Waals surface area contributed by atoms with E-state index in [1.54, 1.807) is 99.1 Å². The van der Waals surface area contributed by atoms with Gasteiger partial charge in [-0.15, -0.1) is 0 Å². The smallest absolute Gasteiger partial charge is 0.337 e. The van der Waals surface area contributed by atoms with Crippen molar-refractivity contribution in [3.8, 4) is 57.8 Å². The van der Waals surface area contributed by atoms with Crippen molar-refractivity contribution in [1.29, 1.82) is 0 Å². The van der Waals surface area contributed by atoms with Gasteiger partial charge in [-0.05, 0) is 202 Å². The van der Waals surface area contributed by atoms with Crippen LogP contribution < -0.4 is 44.8 Å². The fourth-order valence-electron chi connectivity index (χ4n) is 17.2. The summed E-state index contributed by atoms with van der Waals surface area (Å²) in [5, 5.41) is 16.9. The van der Waals surface area contributed by atoms with Crippen molar-refractivity contribution >= 4 is 102 Å². The molecule has 134 heavy (non-hydrogen) atoms. The lowest BCUT2D eigenvalue weighted by Crippen LogP contribution is -2.48. The Labute approximate surface area is 772 Å². The summed E-state index contributed by atoms with van der Waals surface area (Å²) in [6.45, 7) is 23.1. The monoisotopic (exact) mass is 1820 g/mol. The van der Waals surface area contributed by atoms with E-state index in [0.717, 1.165) is 134 Å². The molecular formula is C102H108F3N17O12. The number of aliphatic imine (C=N–C) groups is 1. The molecule has 1 amide bonds. The molecule has 32 heteroatoms. The third-order valence-corrected chi connectivity index (χ3v) is 24.6. The Morgan fingerprint density at radius 2 is 1.31 bits per heavy atom. The lowest BCUT2D eigenvalue weighted by Gasteiger charge is -2.34. The summed E-state index contributed by atoms with van der Waals surface area (Å²) in [6, 6.07) is 42.9. The van der Waals surface area contributed by atoms with Gasteiger partial charge in [0.2, 0.25) is 17.7 Å². The van der Waals surface area contributed by atoms with Crippen molar-refractivity contribution in [3.05, 3.63) is 253 Å². The molecule has 9 heterocycles. The lowest BCUT2D eigenvalue weighted by molar-refractivity contribution is -0.150. The first-order chi connectivity index (χ1) is 64.7. The molecule has 0 spiro atoms. The number of benzene rings is 8. The number of allylic oxidation sites excluding steroid dienone is 2. The Morgan fingerprint density at radius 3 is 1.99 bits per heavy atom. The molecule has 0 unspecified atom stereocenters. The van der Waals surface area contributed by atoms with Crippen molar-refractivity contribution in [1.82, 2.24) is 64.1 Å². The molecule has 3 fully saturated rings. The predicted octanol–water partition coefficient (Wildman–Crippen LogP) is 16.3. The normalized spacial score (nSPS) is 15.1. The average Bonchev–Trinajstić information content (AvgIpc) is 1.56. The number of imidazole rings is 1. The van der Waals surface area contributed by atoms with E-state index < -0.39 is 29.9 Å². The molecule has 0 saturated carbocycles. The third kappa shape index (κ3) is 20.9. The number of piperazine rings is 2. The zero-order valence-electron chi connectivity index (χ0n) is 76.8. The number of methoxy groups -OCH3 is 2. The standard InChI is InChI=1S/C31H33N5O4.C26H28FN3O3.C23H25FN4O4.C22H22FN5O/c1-34-15-17-36(18-16-34)20-27(37)35(2)24-12-10-23(11-13-24)32-29(21-7-5-4-6-8-21)28-25-14-9-22(31(39)40-3)19-26(25)33-30(28)38;1-17-12-18-6-7-22(25(27)19(18)13-17)33-26-20-14-23(31-2)24(15-21(20)28-16-29-26)32-11-5-10-30-8-3-4-9-30;1-12-7-16-5-6-18(20(24)17(16)8-12)32-22-21-14(3)19(9-28(21)27-11-26-22)30-10-13(2)31-23(29)15(4)25;1-13-19-15(23)4-3-5-17(19)26-22(29)20(13)21-24-16-7-6-14(12-18(16)25-21)28-10-8-27(2)9-11-28/h4-14,19,33,38H,15-18,20H2,1-3H3;6-7,13-16H,3-5,8-12H2,1-2H3;5-6,8-9,11,13,15H,7,10,25H2,1-4H3;3-7,12H,8-11H2,1-2H3,(H,24,25)(H,26,29)/t;;13-,15+;/m..1./s1. The molecule has 0 bridgehead atoms. The molecule has 14 aromatic rings. The number of ether oxygens (including phenoxy) is 7. The highest BCUT2D eigenvalue weighted by atomic mass is 19.1. The highest BCUT2D eigenvalue weighted by Gasteiger charge is 2.29. The number of amides is 1. The van der Waals surface area contributed by atoms with Crippen LogP contribution in [-0.2, 0) is 31.9 Å². The number of carbonyl (C=O) groups excluding carboxylic acids is 3. The Morgan fingerprint density at radius 1 is 0.627 bits per heavy atom. The number of fused-ring (bicyclic) bond motifs is 7. The molecule has 2 aliphatic carbocycles. The molecule has 6 aromatic heterocycles. The molecule has 0 radical (unpaired) electrons. The number of likely N-dealkylation sites (tertiary alicyclic amines) is 1. The molecule has 19 rings (SSSR count). The summed E-state index contributed by atoms with van der Waals surface area (Å²) >= 11 is 0.